The van der Waals surface area contributed by atoms with Crippen LogP contribution >= 0.6 is 11.3 Å². The van der Waals surface area contributed by atoms with Crippen LogP contribution in [0.1, 0.15) is 30.6 Å². The minimum atomic E-state index is -5.19. The third-order valence-electron chi connectivity index (χ3n) is 3.74. The smallest absolute Gasteiger partial charge is 0.430 e. The number of ether oxygens (including phenoxy) is 2. The molecule has 0 radical (unpaired) electrons. The molecule has 0 saturated heterocycles. The highest BCUT2D eigenvalue weighted by Gasteiger charge is 2.28. The van der Waals surface area contributed by atoms with E-state index in [1.807, 2.05) is 0 Å². The van der Waals surface area contributed by atoms with Crippen molar-refractivity contribution in [2.45, 2.75) is 38.8 Å². The number of hydrogen-bond donors (Lipinski definition) is 2. The van der Waals surface area contributed by atoms with Crippen molar-refractivity contribution >= 4 is 27.4 Å². The SMILES string of the molecule is Cc1cc2cc(OCCCC[NH3+])c(OCCCC[NH3+])cc2s1.O=C([O-])C(F)(F)F. The number of benzene rings is 1. The Balaban J connectivity index is 0.000000516. The predicted octanol–water partition coefficient (Wildman–Crippen LogP) is 1.31. The second-order valence-electron chi connectivity index (χ2n) is 6.30. The maximum Gasteiger partial charge on any atom is 0.430 e. The molecule has 0 atom stereocenters. The number of rotatable bonds is 10. The molecule has 0 bridgehead atoms. The van der Waals surface area contributed by atoms with Gasteiger partial charge >= 0.3 is 6.18 Å². The van der Waals surface area contributed by atoms with Gasteiger partial charge in [-0.15, -0.1) is 11.3 Å². The van der Waals surface area contributed by atoms with Gasteiger partial charge in [-0.25, -0.2) is 0 Å². The third kappa shape index (κ3) is 9.33. The lowest BCUT2D eigenvalue weighted by molar-refractivity contribution is -0.369. The largest absolute Gasteiger partial charge is 0.542 e. The molecule has 0 spiro atoms. The lowest BCUT2D eigenvalue weighted by Crippen LogP contribution is -2.50. The van der Waals surface area contributed by atoms with Gasteiger partial charge in [0, 0.05) is 15.6 Å². The Hall–Kier alpha value is -2.04. The topological polar surface area (TPSA) is 114 Å². The second kappa shape index (κ2) is 12.5. The summed E-state index contributed by atoms with van der Waals surface area (Å²) in [5.41, 5.74) is 7.73. The molecule has 29 heavy (non-hydrogen) atoms. The van der Waals surface area contributed by atoms with Crippen molar-refractivity contribution in [2.75, 3.05) is 26.3 Å². The zero-order valence-electron chi connectivity index (χ0n) is 16.5. The summed E-state index contributed by atoms with van der Waals surface area (Å²) in [7, 11) is 0. The highest BCUT2D eigenvalue weighted by atomic mass is 32.1. The van der Waals surface area contributed by atoms with E-state index >= 15 is 0 Å². The average molecular weight is 438 g/mol. The first-order valence-electron chi connectivity index (χ1n) is 9.35. The highest BCUT2D eigenvalue weighted by Crippen LogP contribution is 2.36. The van der Waals surface area contributed by atoms with E-state index in [1.54, 1.807) is 11.3 Å². The Labute approximate surface area is 171 Å². The van der Waals surface area contributed by atoms with E-state index in [1.165, 1.54) is 15.0 Å². The van der Waals surface area contributed by atoms with Gasteiger partial charge in [0.05, 0.1) is 26.3 Å². The lowest BCUT2D eigenvalue weighted by atomic mass is 10.2. The van der Waals surface area contributed by atoms with E-state index in [0.717, 1.165) is 63.5 Å². The van der Waals surface area contributed by atoms with Crippen LogP contribution in [0.2, 0.25) is 0 Å². The lowest BCUT2D eigenvalue weighted by Gasteiger charge is -2.13. The number of quaternary nitrogens is 2. The standard InChI is InChI=1S/C17H26N2O2S.C2HF3O2/c1-13-10-14-11-15(20-8-4-2-6-18)16(12-17(14)22-13)21-9-5-3-7-19;3-2(4,5)1(6)7/h10-12H,2-9,18-19H2,1H3;(H,6,7)/p+1. The summed E-state index contributed by atoms with van der Waals surface area (Å²) in [6.45, 7) is 5.50. The maximum absolute atomic E-state index is 10.5. The van der Waals surface area contributed by atoms with Gasteiger partial charge in [-0.1, -0.05) is 0 Å². The molecule has 0 aliphatic heterocycles. The Bertz CT molecular complexity index is 717. The van der Waals surface area contributed by atoms with E-state index in [-0.39, 0.29) is 0 Å². The molecule has 0 aliphatic rings. The van der Waals surface area contributed by atoms with Crippen LogP contribution in [-0.2, 0) is 4.79 Å². The number of alkyl halides is 3. The first-order chi connectivity index (χ1) is 13.7. The van der Waals surface area contributed by atoms with Gasteiger partial charge in [0.1, 0.15) is 5.97 Å². The van der Waals surface area contributed by atoms with E-state index < -0.39 is 12.1 Å². The van der Waals surface area contributed by atoms with Gasteiger partial charge in [-0.3, -0.25) is 0 Å². The fourth-order valence-electron chi connectivity index (χ4n) is 2.33. The van der Waals surface area contributed by atoms with Gasteiger partial charge in [0.25, 0.3) is 0 Å². The molecular formula is C19H28F3N2O4S+. The maximum atomic E-state index is 10.5. The van der Waals surface area contributed by atoms with Crippen molar-refractivity contribution in [3.05, 3.63) is 23.1 Å². The van der Waals surface area contributed by atoms with Gasteiger partial charge in [0.2, 0.25) is 0 Å². The number of carbonyl (C=O) groups excluding carboxylic acids is 1. The number of aryl methyl sites for hydroxylation is 1. The number of thiophene rings is 1. The number of aliphatic carboxylic acids is 1. The summed E-state index contributed by atoms with van der Waals surface area (Å²) in [6, 6.07) is 6.43. The fourth-order valence-corrected chi connectivity index (χ4v) is 3.26. The Morgan fingerprint density at radius 2 is 1.48 bits per heavy atom. The molecule has 6 N–H and O–H groups in total. The monoisotopic (exact) mass is 437 g/mol. The van der Waals surface area contributed by atoms with Crippen LogP contribution < -0.4 is 26.0 Å². The first kappa shape index (κ1) is 25.0. The summed E-state index contributed by atoms with van der Waals surface area (Å²) in [5.74, 6) is -1.27. The number of carbonyl (C=O) groups is 1. The van der Waals surface area contributed by atoms with Gasteiger partial charge < -0.3 is 30.8 Å². The Morgan fingerprint density at radius 3 is 1.93 bits per heavy atom. The predicted molar refractivity (Wildman–Crippen MR) is 103 cm³/mol. The first-order valence-corrected chi connectivity index (χ1v) is 10.2. The van der Waals surface area contributed by atoms with E-state index in [9.17, 15) is 13.2 Å². The minimum absolute atomic E-state index is 0.722. The molecule has 0 saturated carbocycles. The summed E-state index contributed by atoms with van der Waals surface area (Å²) < 4.78 is 44.7. The quantitative estimate of drug-likeness (QED) is 0.546. The molecule has 0 amide bonds. The normalized spacial score (nSPS) is 11.1. The van der Waals surface area contributed by atoms with E-state index in [0.29, 0.717) is 0 Å². The molecule has 2 rings (SSSR count). The van der Waals surface area contributed by atoms with Crippen molar-refractivity contribution in [1.82, 2.24) is 0 Å². The van der Waals surface area contributed by atoms with Crippen LogP contribution in [0.15, 0.2) is 18.2 Å². The molecular weight excluding hydrogens is 409 g/mol. The van der Waals surface area contributed by atoms with Gasteiger partial charge in [-0.2, -0.15) is 13.2 Å². The van der Waals surface area contributed by atoms with Crippen molar-refractivity contribution in [3.63, 3.8) is 0 Å². The molecule has 1 aromatic heterocycles. The van der Waals surface area contributed by atoms with Gasteiger partial charge in [-0.05, 0) is 50.1 Å². The molecule has 164 valence electrons. The van der Waals surface area contributed by atoms with Crippen molar-refractivity contribution in [3.8, 4) is 11.5 Å². The Morgan fingerprint density at radius 1 is 1.00 bits per heavy atom. The van der Waals surface area contributed by atoms with Gasteiger partial charge in [0.15, 0.2) is 11.5 Å². The Kier molecular flexibility index (Phi) is 10.8. The van der Waals surface area contributed by atoms with Crippen molar-refractivity contribution < 1.29 is 44.0 Å². The number of carboxylic acids is 1. The van der Waals surface area contributed by atoms with Crippen molar-refractivity contribution in [2.24, 2.45) is 0 Å². The summed E-state index contributed by atoms with van der Waals surface area (Å²) >= 11 is 1.80. The minimum Gasteiger partial charge on any atom is -0.542 e. The molecule has 0 aliphatic carbocycles. The van der Waals surface area contributed by atoms with Crippen molar-refractivity contribution in [1.29, 1.82) is 0 Å². The third-order valence-corrected chi connectivity index (χ3v) is 4.75. The number of unbranched alkanes of at least 4 members (excludes halogenated alkanes) is 2. The summed E-state index contributed by atoms with van der Waals surface area (Å²) in [4.78, 5) is 10.1. The molecule has 10 heteroatoms. The number of fused-ring (bicyclic) bond motifs is 1. The molecule has 1 aromatic carbocycles. The zero-order chi connectivity index (χ0) is 21.9. The molecule has 6 nitrogen and oxygen atoms in total. The summed E-state index contributed by atoms with van der Waals surface area (Å²) in [5, 5.41) is 10.0. The fraction of sp³-hybridized carbons (Fsp3) is 0.526. The zero-order valence-corrected chi connectivity index (χ0v) is 17.3. The van der Waals surface area contributed by atoms with Crippen LogP contribution in [0.25, 0.3) is 10.1 Å². The number of halogens is 3. The highest BCUT2D eigenvalue weighted by molar-refractivity contribution is 7.19. The van der Waals surface area contributed by atoms with Crippen LogP contribution in [0.5, 0.6) is 11.5 Å². The van der Waals surface area contributed by atoms with Crippen LogP contribution in [-0.4, -0.2) is 38.4 Å². The molecule has 0 unspecified atom stereocenters. The summed E-state index contributed by atoms with van der Waals surface area (Å²) in [6.07, 6.45) is -0.934. The second-order valence-corrected chi connectivity index (χ2v) is 7.59. The average Bonchev–Trinajstić information content (AvgIpc) is 3.00. The van der Waals surface area contributed by atoms with Crippen LogP contribution in [0.3, 0.4) is 0 Å². The van der Waals surface area contributed by atoms with E-state index in [2.05, 4.69) is 36.6 Å². The van der Waals surface area contributed by atoms with Crippen LogP contribution in [0.4, 0.5) is 13.2 Å². The molecule has 2 aromatic rings. The van der Waals surface area contributed by atoms with E-state index in [4.69, 9.17) is 19.4 Å². The van der Waals surface area contributed by atoms with Crippen LogP contribution in [0, 0.1) is 6.92 Å². The number of carboxylic acid groups (broad SMARTS) is 1. The molecule has 1 heterocycles. The molecule has 0 fully saturated rings. The number of hydrogen-bond acceptors (Lipinski definition) is 5.